The van der Waals surface area contributed by atoms with Gasteiger partial charge in [0.15, 0.2) is 11.6 Å². The zero-order chi connectivity index (χ0) is 24.1. The van der Waals surface area contributed by atoms with Crippen LogP contribution in [0.4, 0.5) is 0 Å². The lowest BCUT2D eigenvalue weighted by atomic mass is 9.95. The largest absolute Gasteiger partial charge is 0.226 e. The van der Waals surface area contributed by atoms with Crippen LogP contribution in [0.5, 0.6) is 0 Å². The molecular formula is C31H18ClN3S. The Balaban J connectivity index is 1.39. The second kappa shape index (κ2) is 8.52. The summed E-state index contributed by atoms with van der Waals surface area (Å²) in [5, 5.41) is 4.91. The Bertz CT molecular complexity index is 1910. The van der Waals surface area contributed by atoms with Crippen LogP contribution in [0.3, 0.4) is 0 Å². The molecule has 7 rings (SSSR count). The zero-order valence-electron chi connectivity index (χ0n) is 19.0. The van der Waals surface area contributed by atoms with E-state index >= 15 is 0 Å². The molecule has 0 aliphatic carbocycles. The summed E-state index contributed by atoms with van der Waals surface area (Å²) >= 11 is 8.22. The van der Waals surface area contributed by atoms with Crippen LogP contribution in [-0.4, -0.2) is 15.0 Å². The van der Waals surface area contributed by atoms with Gasteiger partial charge in [0.2, 0.25) is 5.28 Å². The van der Waals surface area contributed by atoms with E-state index < -0.39 is 0 Å². The Kier molecular flexibility index (Phi) is 5.01. The molecule has 0 bridgehead atoms. The van der Waals surface area contributed by atoms with Gasteiger partial charge in [-0.1, -0.05) is 97.1 Å². The molecule has 0 saturated carbocycles. The third-order valence-electron chi connectivity index (χ3n) is 6.49. The number of hydrogen-bond acceptors (Lipinski definition) is 4. The fraction of sp³-hybridized carbons (Fsp3) is 0. The molecule has 5 heteroatoms. The number of aromatic nitrogens is 3. The smallest absolute Gasteiger partial charge is 0.208 e. The van der Waals surface area contributed by atoms with Gasteiger partial charge < -0.3 is 0 Å². The van der Waals surface area contributed by atoms with Crippen molar-refractivity contribution in [3.05, 3.63) is 114 Å². The Morgan fingerprint density at radius 3 is 2.00 bits per heavy atom. The quantitative estimate of drug-likeness (QED) is 0.243. The van der Waals surface area contributed by atoms with E-state index in [0.717, 1.165) is 21.9 Å². The number of thiophene rings is 1. The Morgan fingerprint density at radius 1 is 0.472 bits per heavy atom. The van der Waals surface area contributed by atoms with Crippen molar-refractivity contribution in [2.45, 2.75) is 0 Å². The van der Waals surface area contributed by atoms with Gasteiger partial charge in [-0.2, -0.15) is 9.97 Å². The van der Waals surface area contributed by atoms with Crippen molar-refractivity contribution in [2.24, 2.45) is 0 Å². The summed E-state index contributed by atoms with van der Waals surface area (Å²) < 4.78 is 2.47. The van der Waals surface area contributed by atoms with E-state index in [0.29, 0.717) is 11.6 Å². The van der Waals surface area contributed by atoms with Crippen molar-refractivity contribution < 1.29 is 0 Å². The molecule has 0 aliphatic rings. The second-order valence-corrected chi connectivity index (χ2v) is 10.1. The average Bonchev–Trinajstić information content (AvgIpc) is 3.30. The molecule has 170 valence electrons. The van der Waals surface area contributed by atoms with Crippen molar-refractivity contribution in [3.63, 3.8) is 0 Å². The number of benzene rings is 5. The highest BCUT2D eigenvalue weighted by atomic mass is 35.5. The Morgan fingerprint density at radius 2 is 1.14 bits per heavy atom. The molecule has 0 saturated heterocycles. The first-order chi connectivity index (χ1) is 17.7. The summed E-state index contributed by atoms with van der Waals surface area (Å²) in [6, 6.07) is 37.8. The van der Waals surface area contributed by atoms with E-state index in [1.807, 2.05) is 18.2 Å². The van der Waals surface area contributed by atoms with Crippen LogP contribution in [0.1, 0.15) is 0 Å². The molecular weight excluding hydrogens is 482 g/mol. The maximum absolute atomic E-state index is 6.45. The van der Waals surface area contributed by atoms with Crippen LogP contribution in [0.25, 0.3) is 64.8 Å². The van der Waals surface area contributed by atoms with Gasteiger partial charge in [0.1, 0.15) is 0 Å². The predicted molar refractivity (Wildman–Crippen MR) is 152 cm³/mol. The number of halogens is 1. The van der Waals surface area contributed by atoms with Crippen molar-refractivity contribution in [2.75, 3.05) is 0 Å². The number of nitrogens with zero attached hydrogens (tertiary/aromatic N) is 3. The average molecular weight is 500 g/mol. The van der Waals surface area contributed by atoms with E-state index in [1.165, 1.54) is 31.3 Å². The van der Waals surface area contributed by atoms with Gasteiger partial charge in [0, 0.05) is 31.3 Å². The summed E-state index contributed by atoms with van der Waals surface area (Å²) in [6.45, 7) is 0. The first kappa shape index (κ1) is 21.2. The van der Waals surface area contributed by atoms with Crippen LogP contribution in [0.15, 0.2) is 109 Å². The van der Waals surface area contributed by atoms with Crippen LogP contribution in [-0.2, 0) is 0 Å². The lowest BCUT2D eigenvalue weighted by Crippen LogP contribution is -1.98. The summed E-state index contributed by atoms with van der Waals surface area (Å²) in [4.78, 5) is 13.9. The standard InChI is InChI=1S/C31H18ClN3S/c32-31-34-29(20-16-17-25-24-10-4-5-15-27(24)36-28(25)18-20)33-30(35-31)26-14-7-12-22-21(11-6-13-23(22)26)19-8-2-1-3-9-19/h1-18H. The highest BCUT2D eigenvalue weighted by Gasteiger charge is 2.15. The summed E-state index contributed by atoms with van der Waals surface area (Å²) in [5.41, 5.74) is 4.19. The monoisotopic (exact) mass is 499 g/mol. The van der Waals surface area contributed by atoms with E-state index in [-0.39, 0.29) is 5.28 Å². The Labute approximate surface area is 216 Å². The van der Waals surface area contributed by atoms with Crippen LogP contribution in [0.2, 0.25) is 5.28 Å². The zero-order valence-corrected chi connectivity index (χ0v) is 20.6. The molecule has 2 aromatic heterocycles. The number of rotatable bonds is 3. The predicted octanol–water partition coefficient (Wildman–Crippen LogP) is 9.05. The van der Waals surface area contributed by atoms with Gasteiger partial charge in [-0.25, -0.2) is 4.98 Å². The van der Waals surface area contributed by atoms with Crippen molar-refractivity contribution in [1.82, 2.24) is 15.0 Å². The van der Waals surface area contributed by atoms with Gasteiger partial charge in [0.25, 0.3) is 0 Å². The summed E-state index contributed by atoms with van der Waals surface area (Å²) in [6.07, 6.45) is 0. The minimum absolute atomic E-state index is 0.183. The summed E-state index contributed by atoms with van der Waals surface area (Å²) in [7, 11) is 0. The van der Waals surface area contributed by atoms with E-state index in [9.17, 15) is 0 Å². The van der Waals surface area contributed by atoms with Crippen molar-refractivity contribution in [3.8, 4) is 33.9 Å². The molecule has 0 unspecified atom stereocenters. The van der Waals surface area contributed by atoms with E-state index in [1.54, 1.807) is 11.3 Å². The molecule has 0 radical (unpaired) electrons. The second-order valence-electron chi connectivity index (χ2n) is 8.63. The molecule has 0 N–H and O–H groups in total. The normalized spacial score (nSPS) is 11.5. The topological polar surface area (TPSA) is 38.7 Å². The molecule has 0 spiro atoms. The summed E-state index contributed by atoms with van der Waals surface area (Å²) in [5.74, 6) is 1.14. The molecule has 2 heterocycles. The molecule has 0 amide bonds. The van der Waals surface area contributed by atoms with Crippen molar-refractivity contribution in [1.29, 1.82) is 0 Å². The first-order valence-electron chi connectivity index (χ1n) is 11.7. The van der Waals surface area contributed by atoms with Gasteiger partial charge in [-0.3, -0.25) is 0 Å². The minimum atomic E-state index is 0.183. The van der Waals surface area contributed by atoms with Gasteiger partial charge >= 0.3 is 0 Å². The third-order valence-corrected chi connectivity index (χ3v) is 7.80. The van der Waals surface area contributed by atoms with Crippen LogP contribution < -0.4 is 0 Å². The fourth-order valence-corrected chi connectivity index (χ4v) is 6.14. The maximum Gasteiger partial charge on any atom is 0.226 e. The number of hydrogen-bond donors (Lipinski definition) is 0. The number of fused-ring (bicyclic) bond motifs is 4. The van der Waals surface area contributed by atoms with Crippen LogP contribution in [0, 0.1) is 0 Å². The lowest BCUT2D eigenvalue weighted by Gasteiger charge is -2.11. The molecule has 3 nitrogen and oxygen atoms in total. The van der Waals surface area contributed by atoms with E-state index in [2.05, 4.69) is 101 Å². The fourth-order valence-electron chi connectivity index (χ4n) is 4.84. The van der Waals surface area contributed by atoms with Gasteiger partial charge in [0.05, 0.1) is 0 Å². The van der Waals surface area contributed by atoms with Crippen molar-refractivity contribution >= 4 is 53.9 Å². The lowest BCUT2D eigenvalue weighted by molar-refractivity contribution is 1.07. The SMILES string of the molecule is Clc1nc(-c2ccc3c(c2)sc2ccccc23)nc(-c2cccc3c(-c4ccccc4)cccc23)n1. The minimum Gasteiger partial charge on any atom is -0.208 e. The third kappa shape index (κ3) is 3.54. The highest BCUT2D eigenvalue weighted by molar-refractivity contribution is 7.25. The first-order valence-corrected chi connectivity index (χ1v) is 12.8. The molecule has 0 fully saturated rings. The van der Waals surface area contributed by atoms with Gasteiger partial charge in [-0.05, 0) is 45.6 Å². The van der Waals surface area contributed by atoms with Gasteiger partial charge in [-0.15, -0.1) is 11.3 Å². The molecule has 36 heavy (non-hydrogen) atoms. The van der Waals surface area contributed by atoms with E-state index in [4.69, 9.17) is 16.6 Å². The highest BCUT2D eigenvalue weighted by Crippen LogP contribution is 2.37. The molecule has 5 aromatic carbocycles. The molecule has 0 aliphatic heterocycles. The maximum atomic E-state index is 6.45. The molecule has 7 aromatic rings. The molecule has 0 atom stereocenters. The Hall–Kier alpha value is -4.12. The van der Waals surface area contributed by atoms with Crippen LogP contribution >= 0.6 is 22.9 Å².